The molecule has 0 unspecified atom stereocenters. The standard InChI is InChI=1S/C17H27N3O3S/c1-2-5-18-17(22)12-20-8-6-19(7-9-20)11-15(21)13-23-14-16-4-3-10-24-16/h2-4,10,15,21H,1,5-9,11-14H2,(H,18,22)/t15-/m0/s1. The summed E-state index contributed by atoms with van der Waals surface area (Å²) >= 11 is 1.66. The summed E-state index contributed by atoms with van der Waals surface area (Å²) in [6.07, 6.45) is 1.20. The van der Waals surface area contributed by atoms with E-state index in [1.54, 1.807) is 17.4 Å². The molecule has 134 valence electrons. The van der Waals surface area contributed by atoms with Gasteiger partial charge < -0.3 is 15.2 Å². The normalized spacial score (nSPS) is 17.5. The molecule has 0 spiro atoms. The Morgan fingerprint density at radius 1 is 1.42 bits per heavy atom. The zero-order chi connectivity index (χ0) is 17.2. The van der Waals surface area contributed by atoms with Gasteiger partial charge in [0.05, 0.1) is 25.9 Å². The van der Waals surface area contributed by atoms with E-state index < -0.39 is 6.10 Å². The molecule has 2 N–H and O–H groups in total. The number of nitrogens with zero attached hydrogens (tertiary/aromatic N) is 2. The fourth-order valence-corrected chi connectivity index (χ4v) is 3.26. The molecule has 24 heavy (non-hydrogen) atoms. The van der Waals surface area contributed by atoms with E-state index in [4.69, 9.17) is 4.74 Å². The summed E-state index contributed by atoms with van der Waals surface area (Å²) in [7, 11) is 0. The molecule has 2 heterocycles. The van der Waals surface area contributed by atoms with Crippen LogP contribution < -0.4 is 5.32 Å². The molecule has 0 aromatic carbocycles. The van der Waals surface area contributed by atoms with Gasteiger partial charge in [0.1, 0.15) is 0 Å². The van der Waals surface area contributed by atoms with E-state index in [0.29, 0.717) is 32.8 Å². The van der Waals surface area contributed by atoms with Crippen LogP contribution in [0.5, 0.6) is 0 Å². The molecule has 6 nitrogen and oxygen atoms in total. The monoisotopic (exact) mass is 353 g/mol. The van der Waals surface area contributed by atoms with Gasteiger partial charge in [-0.2, -0.15) is 0 Å². The van der Waals surface area contributed by atoms with Crippen molar-refractivity contribution in [1.29, 1.82) is 0 Å². The quantitative estimate of drug-likeness (QED) is 0.601. The Kier molecular flexibility index (Phi) is 8.41. The lowest BCUT2D eigenvalue weighted by molar-refractivity contribution is -0.122. The lowest BCUT2D eigenvalue weighted by atomic mass is 10.2. The molecule has 1 aliphatic heterocycles. The molecule has 0 bridgehead atoms. The van der Waals surface area contributed by atoms with Crippen LogP contribution in [-0.4, -0.2) is 79.3 Å². The van der Waals surface area contributed by atoms with Gasteiger partial charge >= 0.3 is 0 Å². The second-order valence-corrected chi connectivity index (χ2v) is 6.95. The molecule has 1 amide bonds. The maximum absolute atomic E-state index is 11.7. The van der Waals surface area contributed by atoms with E-state index in [1.165, 1.54) is 4.88 Å². The summed E-state index contributed by atoms with van der Waals surface area (Å²) in [5.41, 5.74) is 0. The van der Waals surface area contributed by atoms with Crippen molar-refractivity contribution in [3.8, 4) is 0 Å². The summed E-state index contributed by atoms with van der Waals surface area (Å²) in [4.78, 5) is 17.2. The van der Waals surface area contributed by atoms with Gasteiger partial charge in [-0.15, -0.1) is 17.9 Å². The highest BCUT2D eigenvalue weighted by atomic mass is 32.1. The van der Waals surface area contributed by atoms with Crippen LogP contribution in [0, 0.1) is 0 Å². The summed E-state index contributed by atoms with van der Waals surface area (Å²) in [5.74, 6) is 0.0327. The summed E-state index contributed by atoms with van der Waals surface area (Å²) in [6.45, 7) is 9.43. The minimum absolute atomic E-state index is 0.0327. The first-order chi connectivity index (χ1) is 11.7. The molecular formula is C17H27N3O3S. The minimum Gasteiger partial charge on any atom is -0.389 e. The third-order valence-electron chi connectivity index (χ3n) is 3.88. The number of ether oxygens (including phenoxy) is 1. The van der Waals surface area contributed by atoms with Crippen LogP contribution in [0.3, 0.4) is 0 Å². The van der Waals surface area contributed by atoms with Crippen molar-refractivity contribution in [3.05, 3.63) is 35.0 Å². The smallest absolute Gasteiger partial charge is 0.234 e. The van der Waals surface area contributed by atoms with Gasteiger partial charge in [-0.1, -0.05) is 12.1 Å². The van der Waals surface area contributed by atoms with Gasteiger partial charge in [-0.05, 0) is 11.4 Å². The Balaban J connectivity index is 1.56. The molecule has 1 aliphatic rings. The van der Waals surface area contributed by atoms with Gasteiger partial charge in [-0.25, -0.2) is 0 Å². The van der Waals surface area contributed by atoms with Crippen molar-refractivity contribution < 1.29 is 14.6 Å². The molecule has 1 saturated heterocycles. The van der Waals surface area contributed by atoms with E-state index in [1.807, 2.05) is 17.5 Å². The summed E-state index contributed by atoms with van der Waals surface area (Å²) in [5, 5.41) is 14.9. The van der Waals surface area contributed by atoms with Crippen LogP contribution in [0.2, 0.25) is 0 Å². The van der Waals surface area contributed by atoms with Crippen LogP contribution in [0.15, 0.2) is 30.2 Å². The Bertz CT molecular complexity index is 487. The number of aliphatic hydroxyl groups excluding tert-OH is 1. The van der Waals surface area contributed by atoms with E-state index in [2.05, 4.69) is 21.7 Å². The van der Waals surface area contributed by atoms with Gasteiger partial charge in [-0.3, -0.25) is 14.6 Å². The van der Waals surface area contributed by atoms with Crippen molar-refractivity contribution in [3.63, 3.8) is 0 Å². The Morgan fingerprint density at radius 3 is 2.83 bits per heavy atom. The lowest BCUT2D eigenvalue weighted by Gasteiger charge is -2.35. The predicted molar refractivity (Wildman–Crippen MR) is 96.1 cm³/mol. The SMILES string of the molecule is C=CCNC(=O)CN1CCN(C[C@H](O)COCc2cccs2)CC1. The maximum atomic E-state index is 11.7. The fourth-order valence-electron chi connectivity index (χ4n) is 2.62. The van der Waals surface area contributed by atoms with Crippen molar-refractivity contribution in [2.75, 3.05) is 52.4 Å². The Morgan fingerprint density at radius 2 is 2.17 bits per heavy atom. The van der Waals surface area contributed by atoms with Gasteiger partial charge in [0, 0.05) is 44.1 Å². The Labute approximate surface area is 147 Å². The average molecular weight is 353 g/mol. The highest BCUT2D eigenvalue weighted by Gasteiger charge is 2.20. The first-order valence-electron chi connectivity index (χ1n) is 8.28. The highest BCUT2D eigenvalue weighted by Crippen LogP contribution is 2.10. The van der Waals surface area contributed by atoms with E-state index in [9.17, 15) is 9.90 Å². The molecule has 1 aromatic heterocycles. The number of carbonyl (C=O) groups is 1. The minimum atomic E-state index is -0.479. The topological polar surface area (TPSA) is 65.0 Å². The summed E-state index contributed by atoms with van der Waals surface area (Å²) < 4.78 is 5.55. The second-order valence-electron chi connectivity index (χ2n) is 5.92. The average Bonchev–Trinajstić information content (AvgIpc) is 3.08. The zero-order valence-corrected chi connectivity index (χ0v) is 14.8. The molecule has 1 aromatic rings. The molecule has 1 atom stereocenters. The van der Waals surface area contributed by atoms with Crippen LogP contribution >= 0.6 is 11.3 Å². The number of hydrogen-bond donors (Lipinski definition) is 2. The Hall–Kier alpha value is -1.25. The number of aliphatic hydroxyl groups is 1. The van der Waals surface area contributed by atoms with E-state index in [0.717, 1.165) is 26.2 Å². The van der Waals surface area contributed by atoms with Crippen molar-refractivity contribution in [1.82, 2.24) is 15.1 Å². The van der Waals surface area contributed by atoms with Crippen molar-refractivity contribution >= 4 is 17.2 Å². The first kappa shape index (κ1) is 19.1. The van der Waals surface area contributed by atoms with Crippen LogP contribution in [0.1, 0.15) is 4.88 Å². The number of piperazine rings is 1. The second kappa shape index (κ2) is 10.6. The number of thiophene rings is 1. The number of hydrogen-bond acceptors (Lipinski definition) is 6. The summed E-state index contributed by atoms with van der Waals surface area (Å²) in [6, 6.07) is 4.03. The molecular weight excluding hydrogens is 326 g/mol. The third kappa shape index (κ3) is 7.11. The highest BCUT2D eigenvalue weighted by molar-refractivity contribution is 7.09. The molecule has 2 rings (SSSR count). The predicted octanol–water partition coefficient (Wildman–Crippen LogP) is 0.545. The maximum Gasteiger partial charge on any atom is 0.234 e. The number of nitrogens with one attached hydrogen (secondary N) is 1. The lowest BCUT2D eigenvalue weighted by Crippen LogP contribution is -2.51. The number of rotatable bonds is 10. The van der Waals surface area contributed by atoms with Gasteiger partial charge in [0.25, 0.3) is 0 Å². The van der Waals surface area contributed by atoms with Crippen LogP contribution in [0.4, 0.5) is 0 Å². The fraction of sp³-hybridized carbons (Fsp3) is 0.588. The molecule has 0 saturated carbocycles. The largest absolute Gasteiger partial charge is 0.389 e. The number of carbonyl (C=O) groups excluding carboxylic acids is 1. The van der Waals surface area contributed by atoms with Crippen molar-refractivity contribution in [2.24, 2.45) is 0 Å². The molecule has 7 heteroatoms. The first-order valence-corrected chi connectivity index (χ1v) is 9.16. The van der Waals surface area contributed by atoms with Crippen LogP contribution in [0.25, 0.3) is 0 Å². The molecule has 1 fully saturated rings. The number of β-amino-alcohol motifs (C(OH)–C–C–N with tert-alkyl or cyclic N) is 1. The van der Waals surface area contributed by atoms with Crippen molar-refractivity contribution in [2.45, 2.75) is 12.7 Å². The number of amides is 1. The van der Waals surface area contributed by atoms with Gasteiger partial charge in [0.2, 0.25) is 5.91 Å². The molecule has 0 radical (unpaired) electrons. The van der Waals surface area contributed by atoms with E-state index >= 15 is 0 Å². The third-order valence-corrected chi connectivity index (χ3v) is 4.73. The van der Waals surface area contributed by atoms with Gasteiger partial charge in [0.15, 0.2) is 0 Å². The van der Waals surface area contributed by atoms with Crippen LogP contribution in [-0.2, 0) is 16.1 Å². The van der Waals surface area contributed by atoms with E-state index in [-0.39, 0.29) is 5.91 Å². The zero-order valence-electron chi connectivity index (χ0n) is 14.0. The molecule has 0 aliphatic carbocycles.